The van der Waals surface area contributed by atoms with Crippen LogP contribution in [0.15, 0.2) is 34.5 Å². The van der Waals surface area contributed by atoms with E-state index in [1.54, 1.807) is 6.92 Å². The van der Waals surface area contributed by atoms with Crippen molar-refractivity contribution in [2.24, 2.45) is 10.2 Å². The summed E-state index contributed by atoms with van der Waals surface area (Å²) < 4.78 is 0. The van der Waals surface area contributed by atoms with Gasteiger partial charge in [-0.3, -0.25) is 15.2 Å². The molecule has 0 aliphatic heterocycles. The van der Waals surface area contributed by atoms with Crippen molar-refractivity contribution in [1.29, 1.82) is 0 Å². The molecule has 92 valence electrons. The molecule has 2 rings (SSSR count). The lowest BCUT2D eigenvalue weighted by Gasteiger charge is -1.93. The van der Waals surface area contributed by atoms with Crippen LogP contribution in [-0.2, 0) is 0 Å². The first-order valence-electron chi connectivity index (χ1n) is 5.04. The summed E-state index contributed by atoms with van der Waals surface area (Å²) in [5.74, 6) is 0.262. The summed E-state index contributed by atoms with van der Waals surface area (Å²) in [6.07, 6.45) is 0. The number of aromatic amines is 1. The molecule has 0 atom stereocenters. The molecule has 1 aromatic heterocycles. The van der Waals surface area contributed by atoms with Gasteiger partial charge >= 0.3 is 0 Å². The number of benzene rings is 1. The van der Waals surface area contributed by atoms with Gasteiger partial charge in [-0.1, -0.05) is 0 Å². The Bertz CT molecular complexity index is 582. The average Bonchev–Trinajstić information content (AvgIpc) is 2.67. The van der Waals surface area contributed by atoms with E-state index in [1.807, 2.05) is 0 Å². The first-order chi connectivity index (χ1) is 8.58. The number of nitrogens with one attached hydrogen (secondary N) is 1. The number of aryl methyl sites for hydroxylation is 1. The molecule has 0 radical (unpaired) electrons. The van der Waals surface area contributed by atoms with Crippen molar-refractivity contribution in [1.82, 2.24) is 10.2 Å². The Morgan fingerprint density at radius 3 is 2.50 bits per heavy atom. The van der Waals surface area contributed by atoms with Crippen LogP contribution in [0.3, 0.4) is 0 Å². The number of nitrogens with zero attached hydrogens (tertiary/aromatic N) is 4. The maximum Gasteiger partial charge on any atom is 0.269 e. The van der Waals surface area contributed by atoms with Gasteiger partial charge in [0.15, 0.2) is 5.82 Å². The largest absolute Gasteiger partial charge is 0.380 e. The zero-order chi connectivity index (χ0) is 13.1. The van der Waals surface area contributed by atoms with Crippen LogP contribution in [-0.4, -0.2) is 15.1 Å². The number of hydrogen-bond donors (Lipinski definition) is 2. The number of nitrogens with two attached hydrogens (primary N) is 1. The van der Waals surface area contributed by atoms with Crippen molar-refractivity contribution < 1.29 is 4.92 Å². The average molecular weight is 246 g/mol. The van der Waals surface area contributed by atoms with E-state index >= 15 is 0 Å². The smallest absolute Gasteiger partial charge is 0.269 e. The summed E-state index contributed by atoms with van der Waals surface area (Å²) in [6, 6.07) is 5.74. The lowest BCUT2D eigenvalue weighted by atomic mass is 10.3. The third kappa shape index (κ3) is 2.32. The number of rotatable bonds is 3. The highest BCUT2D eigenvalue weighted by Gasteiger charge is 2.06. The van der Waals surface area contributed by atoms with Crippen LogP contribution in [0.5, 0.6) is 0 Å². The third-order valence-corrected chi connectivity index (χ3v) is 2.27. The topological polar surface area (TPSA) is 123 Å². The van der Waals surface area contributed by atoms with Crippen LogP contribution in [0.4, 0.5) is 22.9 Å². The highest BCUT2D eigenvalue weighted by atomic mass is 16.6. The van der Waals surface area contributed by atoms with E-state index in [0.717, 1.165) is 0 Å². The van der Waals surface area contributed by atoms with E-state index in [9.17, 15) is 10.1 Å². The van der Waals surface area contributed by atoms with Gasteiger partial charge in [-0.15, -0.1) is 5.11 Å². The van der Waals surface area contributed by atoms with Crippen LogP contribution in [0.1, 0.15) is 5.69 Å². The number of anilines is 1. The molecular weight excluding hydrogens is 236 g/mol. The van der Waals surface area contributed by atoms with Gasteiger partial charge in [0.05, 0.1) is 16.3 Å². The van der Waals surface area contributed by atoms with E-state index in [0.29, 0.717) is 17.1 Å². The number of azo groups is 1. The fraction of sp³-hybridized carbons (Fsp3) is 0.100. The molecule has 0 saturated heterocycles. The Balaban J connectivity index is 2.21. The summed E-state index contributed by atoms with van der Waals surface area (Å²) in [4.78, 5) is 10.00. The van der Waals surface area contributed by atoms with Gasteiger partial charge in [0, 0.05) is 12.1 Å². The number of non-ortho nitro benzene ring substituents is 1. The number of nitro groups is 1. The molecule has 0 bridgehead atoms. The molecule has 2 aromatic rings. The first kappa shape index (κ1) is 11.7. The van der Waals surface area contributed by atoms with E-state index in [1.165, 1.54) is 24.3 Å². The molecule has 0 aliphatic carbocycles. The molecule has 0 fully saturated rings. The maximum atomic E-state index is 10.5. The Morgan fingerprint density at radius 2 is 2.00 bits per heavy atom. The van der Waals surface area contributed by atoms with Gasteiger partial charge in [0.1, 0.15) is 5.69 Å². The number of hydrogen-bond acceptors (Lipinski definition) is 6. The Labute approximate surface area is 102 Å². The zero-order valence-electron chi connectivity index (χ0n) is 9.49. The van der Waals surface area contributed by atoms with Crippen LogP contribution in [0.25, 0.3) is 0 Å². The standard InChI is InChI=1S/C10H10N6O2/c1-6-9(10(11)15-12-6)14-13-7-2-4-8(5-3-7)16(17)18/h2-5H,1H3,(H3,11,12,15). The Hall–Kier alpha value is -2.77. The second-order valence-corrected chi connectivity index (χ2v) is 3.56. The molecule has 0 amide bonds. The molecule has 1 aromatic carbocycles. The summed E-state index contributed by atoms with van der Waals surface area (Å²) in [5, 5.41) is 24.8. The fourth-order valence-corrected chi connectivity index (χ4v) is 1.32. The minimum absolute atomic E-state index is 0.00737. The highest BCUT2D eigenvalue weighted by molar-refractivity contribution is 5.60. The molecule has 0 saturated carbocycles. The number of nitrogen functional groups attached to an aromatic ring is 1. The summed E-state index contributed by atoms with van der Waals surface area (Å²) in [6.45, 7) is 1.77. The van der Waals surface area contributed by atoms with Crippen LogP contribution in [0, 0.1) is 17.0 Å². The van der Waals surface area contributed by atoms with Gasteiger partial charge < -0.3 is 5.73 Å². The Morgan fingerprint density at radius 1 is 1.33 bits per heavy atom. The molecular formula is C10H10N6O2. The number of nitro benzene ring substituents is 1. The van der Waals surface area contributed by atoms with Crippen molar-refractivity contribution >= 4 is 22.9 Å². The van der Waals surface area contributed by atoms with Crippen molar-refractivity contribution in [3.8, 4) is 0 Å². The molecule has 0 unspecified atom stereocenters. The number of aromatic nitrogens is 2. The summed E-state index contributed by atoms with van der Waals surface area (Å²) in [5.41, 5.74) is 7.26. The van der Waals surface area contributed by atoms with Gasteiger partial charge in [-0.25, -0.2) is 0 Å². The SMILES string of the molecule is Cc1[nH]nc(N)c1N=Nc1ccc([N+](=O)[O-])cc1. The molecule has 0 aliphatic rings. The van der Waals surface area contributed by atoms with Gasteiger partial charge in [-0.05, 0) is 19.1 Å². The quantitative estimate of drug-likeness (QED) is 0.490. The van der Waals surface area contributed by atoms with Crippen LogP contribution >= 0.6 is 0 Å². The summed E-state index contributed by atoms with van der Waals surface area (Å²) in [7, 11) is 0. The normalized spacial score (nSPS) is 10.9. The van der Waals surface area contributed by atoms with Gasteiger partial charge in [0.2, 0.25) is 0 Å². The van der Waals surface area contributed by atoms with Crippen LogP contribution in [0.2, 0.25) is 0 Å². The fourth-order valence-electron chi connectivity index (χ4n) is 1.32. The van der Waals surface area contributed by atoms with Crippen molar-refractivity contribution in [3.63, 3.8) is 0 Å². The minimum Gasteiger partial charge on any atom is -0.380 e. The molecule has 0 spiro atoms. The monoisotopic (exact) mass is 246 g/mol. The molecule has 3 N–H and O–H groups in total. The Kier molecular flexibility index (Phi) is 3.00. The molecule has 8 heteroatoms. The van der Waals surface area contributed by atoms with E-state index in [4.69, 9.17) is 5.73 Å². The maximum absolute atomic E-state index is 10.5. The van der Waals surface area contributed by atoms with Crippen LogP contribution < -0.4 is 5.73 Å². The van der Waals surface area contributed by atoms with Crippen molar-refractivity contribution in [3.05, 3.63) is 40.1 Å². The van der Waals surface area contributed by atoms with E-state index < -0.39 is 4.92 Å². The van der Waals surface area contributed by atoms with Gasteiger partial charge in [-0.2, -0.15) is 10.2 Å². The molecule has 8 nitrogen and oxygen atoms in total. The van der Waals surface area contributed by atoms with Gasteiger partial charge in [0.25, 0.3) is 5.69 Å². The summed E-state index contributed by atoms with van der Waals surface area (Å²) >= 11 is 0. The second-order valence-electron chi connectivity index (χ2n) is 3.56. The predicted molar refractivity (Wildman–Crippen MR) is 65.0 cm³/mol. The lowest BCUT2D eigenvalue weighted by Crippen LogP contribution is -1.85. The first-order valence-corrected chi connectivity index (χ1v) is 5.04. The molecule has 1 heterocycles. The zero-order valence-corrected chi connectivity index (χ0v) is 9.49. The van der Waals surface area contributed by atoms with Crippen molar-refractivity contribution in [2.75, 3.05) is 5.73 Å². The number of H-pyrrole nitrogens is 1. The van der Waals surface area contributed by atoms with E-state index in [2.05, 4.69) is 20.4 Å². The lowest BCUT2D eigenvalue weighted by molar-refractivity contribution is -0.384. The predicted octanol–water partition coefficient (Wildman–Crippen LogP) is 2.62. The minimum atomic E-state index is -0.473. The molecule has 18 heavy (non-hydrogen) atoms. The van der Waals surface area contributed by atoms with Crippen molar-refractivity contribution in [2.45, 2.75) is 6.92 Å². The second kappa shape index (κ2) is 4.62. The third-order valence-electron chi connectivity index (χ3n) is 2.27. The van der Waals surface area contributed by atoms with E-state index in [-0.39, 0.29) is 11.5 Å². The highest BCUT2D eigenvalue weighted by Crippen LogP contribution is 2.26.